The van der Waals surface area contributed by atoms with E-state index >= 15 is 0 Å². The number of aromatic nitrogens is 2. The number of hydrogen-bond donors (Lipinski definition) is 1. The monoisotopic (exact) mass is 182 g/mol. The van der Waals surface area contributed by atoms with Gasteiger partial charge in [-0.3, -0.25) is 4.79 Å². The predicted molar refractivity (Wildman–Crippen MR) is 44.6 cm³/mol. The van der Waals surface area contributed by atoms with Crippen LogP contribution >= 0.6 is 0 Å². The number of hydrogen-bond acceptors (Lipinski definition) is 5. The van der Waals surface area contributed by atoms with Gasteiger partial charge in [-0.05, 0) is 6.92 Å². The second-order valence-corrected chi connectivity index (χ2v) is 2.45. The molecule has 0 aliphatic carbocycles. The molecule has 0 aromatic carbocycles. The first-order valence-corrected chi connectivity index (χ1v) is 3.74. The molecule has 0 spiro atoms. The second kappa shape index (κ2) is 3.95. The van der Waals surface area contributed by atoms with E-state index in [1.165, 1.54) is 26.4 Å². The lowest BCUT2D eigenvalue weighted by Crippen LogP contribution is -2.18. The molecule has 0 radical (unpaired) electrons. The van der Waals surface area contributed by atoms with Gasteiger partial charge in [0.15, 0.2) is 5.69 Å². The number of ketones is 1. The van der Waals surface area contributed by atoms with Gasteiger partial charge in [0, 0.05) is 12.4 Å². The molecule has 1 aromatic rings. The van der Waals surface area contributed by atoms with Gasteiger partial charge >= 0.3 is 0 Å². The number of methoxy groups -OCH3 is 1. The van der Waals surface area contributed by atoms with E-state index in [0.29, 0.717) is 0 Å². The Bertz CT molecular complexity index is 312. The van der Waals surface area contributed by atoms with Crippen LogP contribution < -0.4 is 4.74 Å². The Morgan fingerprint density at radius 2 is 2.15 bits per heavy atom. The fourth-order valence-electron chi connectivity index (χ4n) is 0.842. The van der Waals surface area contributed by atoms with E-state index in [1.54, 1.807) is 0 Å². The van der Waals surface area contributed by atoms with Gasteiger partial charge in [-0.15, -0.1) is 0 Å². The number of rotatable bonds is 3. The van der Waals surface area contributed by atoms with Crippen molar-refractivity contribution in [2.75, 3.05) is 7.11 Å². The highest BCUT2D eigenvalue weighted by molar-refractivity contribution is 5.99. The van der Waals surface area contributed by atoms with Crippen LogP contribution in [0.4, 0.5) is 0 Å². The Morgan fingerprint density at radius 3 is 2.69 bits per heavy atom. The minimum absolute atomic E-state index is 0.0556. The summed E-state index contributed by atoms with van der Waals surface area (Å²) in [4.78, 5) is 18.8. The summed E-state index contributed by atoms with van der Waals surface area (Å²) in [5.74, 6) is -0.363. The van der Waals surface area contributed by atoms with Crippen LogP contribution in [0.2, 0.25) is 0 Å². The van der Waals surface area contributed by atoms with E-state index in [0.717, 1.165) is 0 Å². The first kappa shape index (κ1) is 9.60. The van der Waals surface area contributed by atoms with E-state index in [9.17, 15) is 4.79 Å². The topological polar surface area (TPSA) is 72.3 Å². The highest BCUT2D eigenvalue weighted by atomic mass is 16.5. The quantitative estimate of drug-likeness (QED) is 0.668. The Labute approximate surface area is 75.4 Å². The number of Topliss-reactive ketones (excluding diaryl/α,β-unsaturated/α-hetero) is 1. The fourth-order valence-corrected chi connectivity index (χ4v) is 0.842. The van der Waals surface area contributed by atoms with E-state index in [4.69, 9.17) is 9.84 Å². The molecule has 1 rings (SSSR count). The van der Waals surface area contributed by atoms with E-state index in [2.05, 4.69) is 9.97 Å². The van der Waals surface area contributed by atoms with Gasteiger partial charge in [-0.2, -0.15) is 0 Å². The summed E-state index contributed by atoms with van der Waals surface area (Å²) in [6.07, 6.45) is 1.70. The third kappa shape index (κ3) is 2.00. The molecule has 5 nitrogen and oxygen atoms in total. The molecule has 1 unspecified atom stereocenters. The van der Waals surface area contributed by atoms with Crippen molar-refractivity contribution in [1.29, 1.82) is 0 Å². The van der Waals surface area contributed by atoms with Gasteiger partial charge in [0.25, 0.3) is 0 Å². The smallest absolute Gasteiger partial charge is 0.243 e. The van der Waals surface area contributed by atoms with E-state index < -0.39 is 11.9 Å². The van der Waals surface area contributed by atoms with Crippen molar-refractivity contribution in [2.24, 2.45) is 0 Å². The highest BCUT2D eigenvalue weighted by Gasteiger charge is 2.18. The van der Waals surface area contributed by atoms with Crippen molar-refractivity contribution in [2.45, 2.75) is 13.0 Å². The molecule has 0 fully saturated rings. The number of carbonyl (C=O) groups excluding carboxylic acids is 1. The van der Waals surface area contributed by atoms with Gasteiger partial charge in [-0.1, -0.05) is 0 Å². The first-order valence-electron chi connectivity index (χ1n) is 3.74. The van der Waals surface area contributed by atoms with Crippen molar-refractivity contribution >= 4 is 5.78 Å². The van der Waals surface area contributed by atoms with E-state index in [1.807, 2.05) is 0 Å². The van der Waals surface area contributed by atoms with Crippen LogP contribution in [0.3, 0.4) is 0 Å². The Kier molecular flexibility index (Phi) is 2.92. The molecule has 1 aromatic heterocycles. The summed E-state index contributed by atoms with van der Waals surface area (Å²) in [5, 5.41) is 9.02. The zero-order chi connectivity index (χ0) is 9.84. The van der Waals surface area contributed by atoms with Crippen molar-refractivity contribution in [3.63, 3.8) is 0 Å². The minimum Gasteiger partial charge on any atom is -0.479 e. The molecule has 13 heavy (non-hydrogen) atoms. The third-order valence-corrected chi connectivity index (χ3v) is 1.47. The van der Waals surface area contributed by atoms with Crippen molar-refractivity contribution < 1.29 is 14.6 Å². The summed E-state index contributed by atoms with van der Waals surface area (Å²) in [6, 6.07) is 0. The van der Waals surface area contributed by atoms with Gasteiger partial charge in [0.1, 0.15) is 6.10 Å². The molecule has 1 atom stereocenters. The van der Waals surface area contributed by atoms with Gasteiger partial charge < -0.3 is 9.84 Å². The zero-order valence-electron chi connectivity index (χ0n) is 7.39. The number of aliphatic hydroxyl groups is 1. The second-order valence-electron chi connectivity index (χ2n) is 2.45. The molecule has 0 aliphatic rings. The van der Waals surface area contributed by atoms with Crippen molar-refractivity contribution in [1.82, 2.24) is 9.97 Å². The summed E-state index contributed by atoms with van der Waals surface area (Å²) < 4.78 is 4.81. The molecule has 0 saturated carbocycles. The third-order valence-electron chi connectivity index (χ3n) is 1.47. The van der Waals surface area contributed by atoms with Crippen molar-refractivity contribution in [3.8, 4) is 5.88 Å². The predicted octanol–water partition coefficient (Wildman–Crippen LogP) is 0.0487. The lowest BCUT2D eigenvalue weighted by molar-refractivity contribution is 0.0769. The summed E-state index contributed by atoms with van der Waals surface area (Å²) in [6.45, 7) is 1.37. The molecule has 0 saturated heterocycles. The number of nitrogens with zero attached hydrogens (tertiary/aromatic N) is 2. The molecular formula is C8H10N2O3. The largest absolute Gasteiger partial charge is 0.479 e. The standard InChI is InChI=1S/C8H10N2O3/c1-5(11)7(12)6-8(13-2)10-4-3-9-6/h3-5,11H,1-2H3. The van der Waals surface area contributed by atoms with Crippen LogP contribution in [0.25, 0.3) is 0 Å². The Balaban J connectivity index is 3.06. The maximum atomic E-state index is 11.3. The zero-order valence-corrected chi connectivity index (χ0v) is 7.39. The average molecular weight is 182 g/mol. The summed E-state index contributed by atoms with van der Waals surface area (Å²) in [5.41, 5.74) is 0.0556. The highest BCUT2D eigenvalue weighted by Crippen LogP contribution is 2.12. The lowest BCUT2D eigenvalue weighted by atomic mass is 10.2. The summed E-state index contributed by atoms with van der Waals surface area (Å²) >= 11 is 0. The Hall–Kier alpha value is -1.49. The maximum absolute atomic E-state index is 11.3. The minimum atomic E-state index is -1.09. The van der Waals surface area contributed by atoms with E-state index in [-0.39, 0.29) is 11.6 Å². The van der Waals surface area contributed by atoms with Crippen LogP contribution in [0, 0.1) is 0 Å². The molecule has 1 N–H and O–H groups in total. The van der Waals surface area contributed by atoms with Crippen LogP contribution in [0.1, 0.15) is 17.4 Å². The summed E-state index contributed by atoms with van der Waals surface area (Å²) in [7, 11) is 1.39. The number of carbonyl (C=O) groups is 1. The molecule has 1 heterocycles. The molecule has 70 valence electrons. The molecule has 0 amide bonds. The SMILES string of the molecule is COc1nccnc1C(=O)C(C)O. The molecule has 0 aliphatic heterocycles. The van der Waals surface area contributed by atoms with Gasteiger partial charge in [0.2, 0.25) is 11.7 Å². The molecule has 5 heteroatoms. The van der Waals surface area contributed by atoms with Gasteiger partial charge in [0.05, 0.1) is 7.11 Å². The number of ether oxygens (including phenoxy) is 1. The van der Waals surface area contributed by atoms with Crippen LogP contribution in [0.15, 0.2) is 12.4 Å². The molecule has 0 bridgehead atoms. The van der Waals surface area contributed by atoms with Crippen LogP contribution in [-0.4, -0.2) is 34.1 Å². The maximum Gasteiger partial charge on any atom is 0.243 e. The molecular weight excluding hydrogens is 172 g/mol. The van der Waals surface area contributed by atoms with Crippen LogP contribution in [-0.2, 0) is 0 Å². The van der Waals surface area contributed by atoms with Crippen LogP contribution in [0.5, 0.6) is 5.88 Å². The lowest BCUT2D eigenvalue weighted by Gasteiger charge is -2.05. The normalized spacial score (nSPS) is 12.2. The Morgan fingerprint density at radius 1 is 1.54 bits per heavy atom. The average Bonchev–Trinajstić information content (AvgIpc) is 2.16. The number of aliphatic hydroxyl groups excluding tert-OH is 1. The first-order chi connectivity index (χ1) is 6.16. The fraction of sp³-hybridized carbons (Fsp3) is 0.375. The van der Waals surface area contributed by atoms with Gasteiger partial charge in [-0.25, -0.2) is 9.97 Å². The van der Waals surface area contributed by atoms with Crippen molar-refractivity contribution in [3.05, 3.63) is 18.1 Å².